The van der Waals surface area contributed by atoms with E-state index in [4.69, 9.17) is 9.47 Å². The molecule has 0 amide bonds. The van der Waals surface area contributed by atoms with E-state index in [1.165, 1.54) is 0 Å². The molecule has 0 spiro atoms. The van der Waals surface area contributed by atoms with Crippen LogP contribution in [0.5, 0.6) is 0 Å². The van der Waals surface area contributed by atoms with Crippen LogP contribution in [0.1, 0.15) is 33.1 Å². The molecule has 0 aromatic rings. The Morgan fingerprint density at radius 1 is 1.28 bits per heavy atom. The van der Waals surface area contributed by atoms with E-state index in [0.29, 0.717) is 25.7 Å². The molecule has 0 aromatic heterocycles. The predicted molar refractivity (Wildman–Crippen MR) is 72.8 cm³/mol. The molecule has 1 heterocycles. The summed E-state index contributed by atoms with van der Waals surface area (Å²) >= 11 is 0. The zero-order chi connectivity index (χ0) is 13.4. The summed E-state index contributed by atoms with van der Waals surface area (Å²) in [6.07, 6.45) is 2.60. The highest BCUT2D eigenvalue weighted by Gasteiger charge is 2.30. The molecule has 0 radical (unpaired) electrons. The van der Waals surface area contributed by atoms with Crippen LogP contribution in [0, 0.1) is 5.92 Å². The molecule has 1 aliphatic rings. The van der Waals surface area contributed by atoms with Crippen molar-refractivity contribution in [3.05, 3.63) is 0 Å². The lowest BCUT2D eigenvalue weighted by Crippen LogP contribution is -2.46. The van der Waals surface area contributed by atoms with Crippen LogP contribution in [0.4, 0.5) is 0 Å². The van der Waals surface area contributed by atoms with Crippen molar-refractivity contribution in [3.8, 4) is 0 Å². The fraction of sp³-hybridized carbons (Fsp3) is 1.00. The summed E-state index contributed by atoms with van der Waals surface area (Å²) in [5.41, 5.74) is -0.565. The van der Waals surface area contributed by atoms with Crippen LogP contribution in [0.15, 0.2) is 0 Å². The topological polar surface area (TPSA) is 41.9 Å². The van der Waals surface area contributed by atoms with Gasteiger partial charge in [-0.25, -0.2) is 0 Å². The molecule has 0 atom stereocenters. The fourth-order valence-electron chi connectivity index (χ4n) is 2.13. The van der Waals surface area contributed by atoms with Gasteiger partial charge >= 0.3 is 0 Å². The minimum absolute atomic E-state index is 0.565. The Balaban J connectivity index is 2.07. The van der Waals surface area contributed by atoms with Gasteiger partial charge in [0, 0.05) is 45.8 Å². The lowest BCUT2D eigenvalue weighted by atomic mass is 9.94. The Bertz CT molecular complexity index is 215. The van der Waals surface area contributed by atoms with E-state index in [1.54, 1.807) is 0 Å². The molecule has 1 saturated heterocycles. The first kappa shape index (κ1) is 15.9. The zero-order valence-corrected chi connectivity index (χ0v) is 12.2. The smallest absolute Gasteiger partial charge is 0.0817 e. The second-order valence-corrected chi connectivity index (χ2v) is 5.87. The standard InChI is InChI=1S/C14H29NO3/c1-13(2)4-8-17-11-7-15(3)12-14(16)5-9-18-10-6-14/h13,16H,4-12H2,1-3H3. The minimum Gasteiger partial charge on any atom is -0.388 e. The van der Waals surface area contributed by atoms with Crippen LogP contribution < -0.4 is 0 Å². The molecule has 0 aromatic carbocycles. The number of ether oxygens (including phenoxy) is 2. The normalized spacial score (nSPS) is 19.7. The van der Waals surface area contributed by atoms with Gasteiger partial charge in [0.15, 0.2) is 0 Å². The van der Waals surface area contributed by atoms with Crippen LogP contribution in [0.25, 0.3) is 0 Å². The van der Waals surface area contributed by atoms with Crippen LogP contribution in [-0.2, 0) is 9.47 Å². The van der Waals surface area contributed by atoms with Crippen molar-refractivity contribution in [1.29, 1.82) is 0 Å². The van der Waals surface area contributed by atoms with E-state index in [1.807, 2.05) is 7.05 Å². The first-order valence-electron chi connectivity index (χ1n) is 7.08. The maximum atomic E-state index is 10.4. The minimum atomic E-state index is -0.565. The number of likely N-dealkylation sites (N-methyl/N-ethyl adjacent to an activating group) is 1. The third-order valence-electron chi connectivity index (χ3n) is 3.44. The second kappa shape index (κ2) is 8.10. The summed E-state index contributed by atoms with van der Waals surface area (Å²) in [7, 11) is 2.04. The average Bonchev–Trinajstić information content (AvgIpc) is 2.28. The molecule has 1 N–H and O–H groups in total. The summed E-state index contributed by atoms with van der Waals surface area (Å²) in [5.74, 6) is 0.700. The van der Waals surface area contributed by atoms with Crippen molar-refractivity contribution in [1.82, 2.24) is 4.90 Å². The SMILES string of the molecule is CC(C)CCOCCN(C)CC1(O)CCOCC1. The van der Waals surface area contributed by atoms with E-state index >= 15 is 0 Å². The Labute approximate surface area is 111 Å². The van der Waals surface area contributed by atoms with Gasteiger partial charge in [0.05, 0.1) is 12.2 Å². The van der Waals surface area contributed by atoms with Gasteiger partial charge in [0.1, 0.15) is 0 Å². The van der Waals surface area contributed by atoms with Gasteiger partial charge in [-0.3, -0.25) is 0 Å². The summed E-state index contributed by atoms with van der Waals surface area (Å²) in [6.45, 7) is 8.93. The predicted octanol–water partition coefficient (Wildman–Crippen LogP) is 1.52. The van der Waals surface area contributed by atoms with Crippen molar-refractivity contribution in [2.45, 2.75) is 38.7 Å². The van der Waals surface area contributed by atoms with Crippen molar-refractivity contribution < 1.29 is 14.6 Å². The van der Waals surface area contributed by atoms with Crippen LogP contribution in [0.3, 0.4) is 0 Å². The Morgan fingerprint density at radius 2 is 1.94 bits per heavy atom. The molecule has 4 nitrogen and oxygen atoms in total. The highest BCUT2D eigenvalue weighted by Crippen LogP contribution is 2.21. The van der Waals surface area contributed by atoms with E-state index < -0.39 is 5.60 Å². The maximum Gasteiger partial charge on any atom is 0.0817 e. The molecule has 0 bridgehead atoms. The van der Waals surface area contributed by atoms with Crippen molar-refractivity contribution in [2.24, 2.45) is 5.92 Å². The van der Waals surface area contributed by atoms with Crippen LogP contribution >= 0.6 is 0 Å². The van der Waals surface area contributed by atoms with Gasteiger partial charge < -0.3 is 19.5 Å². The molecule has 1 fully saturated rings. The summed E-state index contributed by atoms with van der Waals surface area (Å²) in [5, 5.41) is 10.4. The maximum absolute atomic E-state index is 10.4. The summed E-state index contributed by atoms with van der Waals surface area (Å²) in [4.78, 5) is 2.15. The lowest BCUT2D eigenvalue weighted by Gasteiger charge is -2.35. The third kappa shape index (κ3) is 6.69. The van der Waals surface area contributed by atoms with Crippen molar-refractivity contribution in [3.63, 3.8) is 0 Å². The van der Waals surface area contributed by atoms with E-state index in [0.717, 1.165) is 39.0 Å². The zero-order valence-electron chi connectivity index (χ0n) is 12.2. The summed E-state index contributed by atoms with van der Waals surface area (Å²) in [6, 6.07) is 0. The van der Waals surface area contributed by atoms with Crippen molar-refractivity contribution in [2.75, 3.05) is 46.6 Å². The van der Waals surface area contributed by atoms with Gasteiger partial charge in [-0.15, -0.1) is 0 Å². The number of rotatable bonds is 8. The molecule has 18 heavy (non-hydrogen) atoms. The molecule has 0 aliphatic carbocycles. The summed E-state index contributed by atoms with van der Waals surface area (Å²) < 4.78 is 10.9. The molecule has 0 saturated carbocycles. The van der Waals surface area contributed by atoms with E-state index in [2.05, 4.69) is 18.7 Å². The van der Waals surface area contributed by atoms with Crippen LogP contribution in [-0.4, -0.2) is 62.2 Å². The molecule has 0 unspecified atom stereocenters. The Kier molecular flexibility index (Phi) is 7.15. The van der Waals surface area contributed by atoms with Gasteiger partial charge in [-0.2, -0.15) is 0 Å². The molecular weight excluding hydrogens is 230 g/mol. The van der Waals surface area contributed by atoms with Crippen LogP contribution in [0.2, 0.25) is 0 Å². The van der Waals surface area contributed by atoms with Crippen molar-refractivity contribution >= 4 is 0 Å². The number of nitrogens with zero attached hydrogens (tertiary/aromatic N) is 1. The Hall–Kier alpha value is -0.160. The Morgan fingerprint density at radius 3 is 2.56 bits per heavy atom. The fourth-order valence-corrected chi connectivity index (χ4v) is 2.13. The van der Waals surface area contributed by atoms with Gasteiger partial charge in [-0.05, 0) is 19.4 Å². The highest BCUT2D eigenvalue weighted by molar-refractivity contribution is 4.83. The first-order chi connectivity index (χ1) is 8.52. The third-order valence-corrected chi connectivity index (χ3v) is 3.44. The van der Waals surface area contributed by atoms with E-state index in [-0.39, 0.29) is 0 Å². The average molecular weight is 259 g/mol. The largest absolute Gasteiger partial charge is 0.388 e. The van der Waals surface area contributed by atoms with Gasteiger partial charge in [0.2, 0.25) is 0 Å². The van der Waals surface area contributed by atoms with Gasteiger partial charge in [0.25, 0.3) is 0 Å². The molecule has 1 rings (SSSR count). The number of hydrogen-bond acceptors (Lipinski definition) is 4. The molecule has 1 aliphatic heterocycles. The molecule has 108 valence electrons. The number of hydrogen-bond donors (Lipinski definition) is 1. The number of aliphatic hydroxyl groups is 1. The lowest BCUT2D eigenvalue weighted by molar-refractivity contribution is -0.0786. The molecule has 4 heteroatoms. The quantitative estimate of drug-likeness (QED) is 0.671. The van der Waals surface area contributed by atoms with Gasteiger partial charge in [-0.1, -0.05) is 13.8 Å². The molecular formula is C14H29NO3. The first-order valence-corrected chi connectivity index (χ1v) is 7.08. The monoisotopic (exact) mass is 259 g/mol. The highest BCUT2D eigenvalue weighted by atomic mass is 16.5. The second-order valence-electron chi connectivity index (χ2n) is 5.87. The van der Waals surface area contributed by atoms with E-state index in [9.17, 15) is 5.11 Å².